The Kier molecular flexibility index (Phi) is 6.96. The normalized spacial score (nSPS) is 15.5. The number of nitrogens with two attached hydrogens (primary N) is 1. The Bertz CT molecular complexity index is 1010. The Morgan fingerprint density at radius 1 is 1.26 bits per heavy atom. The van der Waals surface area contributed by atoms with Crippen molar-refractivity contribution >= 4 is 23.4 Å². The Hall–Kier alpha value is -2.52. The van der Waals surface area contributed by atoms with Gasteiger partial charge in [0.1, 0.15) is 23.5 Å². The van der Waals surface area contributed by atoms with Crippen LogP contribution in [0.4, 0.5) is 8.78 Å². The molecule has 1 aromatic heterocycles. The first-order chi connectivity index (χ1) is 14.6. The third-order valence-corrected chi connectivity index (χ3v) is 5.53. The molecule has 0 bridgehead atoms. The smallest absolute Gasteiger partial charge is 0.272 e. The molecule has 1 aromatic carbocycles. The van der Waals surface area contributed by atoms with Gasteiger partial charge in [-0.15, -0.1) is 0 Å². The zero-order chi connectivity index (χ0) is 22.9. The van der Waals surface area contributed by atoms with Crippen LogP contribution in [0.3, 0.4) is 0 Å². The van der Waals surface area contributed by atoms with Crippen LogP contribution >= 0.6 is 11.6 Å². The number of halogens is 3. The zero-order valence-corrected chi connectivity index (χ0v) is 18.5. The Morgan fingerprint density at radius 2 is 1.97 bits per heavy atom. The summed E-state index contributed by atoms with van der Waals surface area (Å²) in [4.78, 5) is 31.3. The molecule has 0 saturated heterocycles. The number of primary amides is 1. The lowest BCUT2D eigenvalue weighted by molar-refractivity contribution is -0.120. The second-order valence-corrected chi connectivity index (χ2v) is 8.69. The number of hydrogen-bond acceptors (Lipinski definition) is 4. The molecule has 3 N–H and O–H groups in total. The molecule has 1 aliphatic rings. The van der Waals surface area contributed by atoms with Gasteiger partial charge in [0.2, 0.25) is 5.91 Å². The van der Waals surface area contributed by atoms with Crippen molar-refractivity contribution in [3.63, 3.8) is 0 Å². The number of benzene rings is 1. The maximum Gasteiger partial charge on any atom is 0.272 e. The number of hydrogen-bond donors (Lipinski definition) is 2. The van der Waals surface area contributed by atoms with Crippen LogP contribution in [-0.4, -0.2) is 45.9 Å². The van der Waals surface area contributed by atoms with E-state index < -0.39 is 29.5 Å². The lowest BCUT2D eigenvalue weighted by atomic mass is 10.0. The first-order valence-electron chi connectivity index (χ1n) is 10.1. The minimum Gasteiger partial charge on any atom is -0.368 e. The van der Waals surface area contributed by atoms with Gasteiger partial charge >= 0.3 is 0 Å². The molecule has 3 rings (SSSR count). The predicted molar refractivity (Wildman–Crippen MR) is 113 cm³/mol. The number of aromatic nitrogens is 2. The van der Waals surface area contributed by atoms with Gasteiger partial charge < -0.3 is 20.5 Å². The summed E-state index contributed by atoms with van der Waals surface area (Å²) >= 11 is 5.88. The number of carbonyl (C=O) groups excluding carboxylic acids is 2. The van der Waals surface area contributed by atoms with E-state index in [0.717, 1.165) is 13.0 Å². The number of amides is 2. The maximum absolute atomic E-state index is 14.6. The van der Waals surface area contributed by atoms with Crippen LogP contribution in [-0.2, 0) is 17.9 Å². The minimum atomic E-state index is -0.874. The molecule has 1 aliphatic heterocycles. The van der Waals surface area contributed by atoms with Crippen LogP contribution in [0, 0.1) is 17.6 Å². The number of rotatable bonds is 6. The van der Waals surface area contributed by atoms with E-state index in [1.54, 1.807) is 4.57 Å². The van der Waals surface area contributed by atoms with Gasteiger partial charge in [0, 0.05) is 19.2 Å². The number of fused-ring (bicyclic) bond motifs is 1. The summed E-state index contributed by atoms with van der Waals surface area (Å²) in [5, 5.41) is 2.42. The van der Waals surface area contributed by atoms with Crippen LogP contribution in [0.25, 0.3) is 11.4 Å². The van der Waals surface area contributed by atoms with E-state index >= 15 is 0 Å². The highest BCUT2D eigenvalue weighted by atomic mass is 35.5. The van der Waals surface area contributed by atoms with Crippen LogP contribution in [0.2, 0.25) is 5.02 Å². The van der Waals surface area contributed by atoms with Crippen LogP contribution < -0.4 is 11.1 Å². The molecule has 0 saturated carbocycles. The average molecular weight is 454 g/mol. The number of nitrogens with one attached hydrogen (secondary N) is 1. The van der Waals surface area contributed by atoms with Crippen LogP contribution in [0.5, 0.6) is 0 Å². The van der Waals surface area contributed by atoms with E-state index in [2.05, 4.69) is 10.3 Å². The second-order valence-electron chi connectivity index (χ2n) is 8.28. The molecular weight excluding hydrogens is 428 g/mol. The summed E-state index contributed by atoms with van der Waals surface area (Å²) < 4.78 is 30.0. The van der Waals surface area contributed by atoms with E-state index in [-0.39, 0.29) is 28.0 Å². The number of imidazole rings is 1. The van der Waals surface area contributed by atoms with Crippen molar-refractivity contribution in [1.82, 2.24) is 19.8 Å². The topological polar surface area (TPSA) is 93.2 Å². The Labute approximate surface area is 184 Å². The highest BCUT2D eigenvalue weighted by Gasteiger charge is 2.29. The summed E-state index contributed by atoms with van der Waals surface area (Å²) in [7, 11) is 1.91. The lowest BCUT2D eigenvalue weighted by Crippen LogP contribution is -2.45. The summed E-state index contributed by atoms with van der Waals surface area (Å²) in [6.07, 6.45) is 1.13. The van der Waals surface area contributed by atoms with Crippen molar-refractivity contribution in [1.29, 1.82) is 0 Å². The van der Waals surface area contributed by atoms with Crippen molar-refractivity contribution in [2.75, 3.05) is 13.6 Å². The summed E-state index contributed by atoms with van der Waals surface area (Å²) in [5.74, 6) is -2.58. The summed E-state index contributed by atoms with van der Waals surface area (Å²) in [6.45, 7) is 5.50. The van der Waals surface area contributed by atoms with Gasteiger partial charge in [-0.25, -0.2) is 13.8 Å². The number of carbonyl (C=O) groups is 2. The summed E-state index contributed by atoms with van der Waals surface area (Å²) in [5.41, 5.74) is 6.13. The largest absolute Gasteiger partial charge is 0.368 e. The van der Waals surface area contributed by atoms with E-state index in [1.807, 2.05) is 25.8 Å². The van der Waals surface area contributed by atoms with Crippen LogP contribution in [0.15, 0.2) is 12.1 Å². The van der Waals surface area contributed by atoms with E-state index in [0.29, 0.717) is 31.3 Å². The molecule has 0 radical (unpaired) electrons. The fourth-order valence-corrected chi connectivity index (χ4v) is 3.91. The Balaban J connectivity index is 2.08. The molecule has 0 unspecified atom stereocenters. The third kappa shape index (κ3) is 5.04. The fourth-order valence-electron chi connectivity index (χ4n) is 3.75. The molecule has 0 fully saturated rings. The lowest BCUT2D eigenvalue weighted by Gasteiger charge is -2.18. The van der Waals surface area contributed by atoms with Gasteiger partial charge in [-0.2, -0.15) is 0 Å². The zero-order valence-electron chi connectivity index (χ0n) is 17.7. The van der Waals surface area contributed by atoms with Crippen molar-refractivity contribution in [2.24, 2.45) is 11.7 Å². The van der Waals surface area contributed by atoms with Gasteiger partial charge in [0.05, 0.1) is 16.3 Å². The van der Waals surface area contributed by atoms with Gasteiger partial charge in [-0.1, -0.05) is 25.4 Å². The van der Waals surface area contributed by atoms with E-state index in [1.165, 1.54) is 6.07 Å². The quantitative estimate of drug-likeness (QED) is 0.657. The van der Waals surface area contributed by atoms with Crippen LogP contribution in [0.1, 0.15) is 42.9 Å². The standard InChI is InChI=1S/C21H26ClF2N5O2/c1-11(2)7-16(19(25)30)26-21(31)18-17-10-28(3)5-4-6-29(17)20(27-18)12-8-13(22)15(24)9-14(12)23/h8-9,11,16H,4-7,10H2,1-3H3,(H2,25,30)(H,26,31)/t16-/m0/s1. The molecule has 0 aliphatic carbocycles. The van der Waals surface area contributed by atoms with Gasteiger partial charge in [0.25, 0.3) is 5.91 Å². The van der Waals surface area contributed by atoms with Gasteiger partial charge in [-0.3, -0.25) is 9.59 Å². The predicted octanol–water partition coefficient (Wildman–Crippen LogP) is 2.95. The highest BCUT2D eigenvalue weighted by Crippen LogP contribution is 2.31. The van der Waals surface area contributed by atoms with Gasteiger partial charge in [0.15, 0.2) is 5.69 Å². The number of nitrogens with zero attached hydrogens (tertiary/aromatic N) is 3. The highest BCUT2D eigenvalue weighted by molar-refractivity contribution is 6.31. The third-order valence-electron chi connectivity index (χ3n) is 5.24. The first kappa shape index (κ1) is 23.1. The molecule has 2 aromatic rings. The fraction of sp³-hybridized carbons (Fsp3) is 0.476. The molecule has 1 atom stereocenters. The monoisotopic (exact) mass is 453 g/mol. The van der Waals surface area contributed by atoms with Gasteiger partial charge in [-0.05, 0) is 38.4 Å². The Morgan fingerprint density at radius 3 is 2.61 bits per heavy atom. The molecule has 2 heterocycles. The molecule has 0 spiro atoms. The van der Waals surface area contributed by atoms with Crippen molar-refractivity contribution in [2.45, 2.75) is 45.8 Å². The van der Waals surface area contributed by atoms with E-state index in [9.17, 15) is 18.4 Å². The van der Waals surface area contributed by atoms with Crippen molar-refractivity contribution < 1.29 is 18.4 Å². The van der Waals surface area contributed by atoms with Crippen molar-refractivity contribution in [3.05, 3.63) is 40.2 Å². The molecule has 2 amide bonds. The minimum absolute atomic E-state index is 0.00452. The van der Waals surface area contributed by atoms with E-state index in [4.69, 9.17) is 17.3 Å². The average Bonchev–Trinajstić information content (AvgIpc) is 2.90. The molecule has 10 heteroatoms. The molecular formula is C21H26ClF2N5O2. The summed E-state index contributed by atoms with van der Waals surface area (Å²) in [6, 6.07) is 1.02. The first-order valence-corrected chi connectivity index (χ1v) is 10.5. The SMILES string of the molecule is CC(C)C[C@H](NC(=O)c1nc(-c2cc(Cl)c(F)cc2F)n2c1CN(C)CCC2)C(N)=O. The van der Waals surface area contributed by atoms with Crippen molar-refractivity contribution in [3.8, 4) is 11.4 Å². The second kappa shape index (κ2) is 9.32. The maximum atomic E-state index is 14.6. The molecule has 168 valence electrons. The molecule has 7 nitrogen and oxygen atoms in total. The molecule has 31 heavy (non-hydrogen) atoms.